The zero-order valence-electron chi connectivity index (χ0n) is 19.0. The van der Waals surface area contributed by atoms with Gasteiger partial charge in [0.1, 0.15) is 6.04 Å². The Morgan fingerprint density at radius 1 is 1.03 bits per heavy atom. The molecule has 0 bridgehead atoms. The Morgan fingerprint density at radius 2 is 1.64 bits per heavy atom. The van der Waals surface area contributed by atoms with Crippen LogP contribution in [-0.4, -0.2) is 66.9 Å². The van der Waals surface area contributed by atoms with Crippen LogP contribution in [0.4, 0.5) is 5.69 Å². The first-order valence-electron chi connectivity index (χ1n) is 11.0. The maximum absolute atomic E-state index is 12.9. The lowest BCUT2D eigenvalue weighted by molar-refractivity contribution is -0.151. The second-order valence-electron chi connectivity index (χ2n) is 8.17. The fourth-order valence-electron chi connectivity index (χ4n) is 4.54. The first-order valence-corrected chi connectivity index (χ1v) is 11.0. The van der Waals surface area contributed by atoms with Crippen molar-refractivity contribution in [3.05, 3.63) is 29.3 Å². The van der Waals surface area contributed by atoms with Crippen molar-refractivity contribution < 1.29 is 33.4 Å². The quantitative estimate of drug-likeness (QED) is 0.618. The lowest BCUT2D eigenvalue weighted by atomic mass is 9.85. The van der Waals surface area contributed by atoms with Crippen LogP contribution in [0.2, 0.25) is 0 Å². The van der Waals surface area contributed by atoms with E-state index in [1.807, 2.05) is 0 Å². The van der Waals surface area contributed by atoms with Gasteiger partial charge >= 0.3 is 11.9 Å². The highest BCUT2D eigenvalue weighted by Crippen LogP contribution is 2.30. The number of hydrogen-bond donors (Lipinski definition) is 2. The Bertz CT molecular complexity index is 927. The Labute approximate surface area is 192 Å². The fourth-order valence-corrected chi connectivity index (χ4v) is 4.54. The molecule has 3 unspecified atom stereocenters. The summed E-state index contributed by atoms with van der Waals surface area (Å²) < 4.78 is 9.40. The number of piperazine rings is 1. The number of carbonyl (C=O) groups is 5. The van der Waals surface area contributed by atoms with Crippen LogP contribution >= 0.6 is 0 Å². The summed E-state index contributed by atoms with van der Waals surface area (Å²) >= 11 is 0. The number of esters is 2. The van der Waals surface area contributed by atoms with E-state index in [2.05, 4.69) is 10.6 Å². The molecule has 3 rings (SSSR count). The number of benzene rings is 1. The van der Waals surface area contributed by atoms with Crippen LogP contribution in [0.15, 0.2) is 18.2 Å². The number of anilines is 1. The molecule has 3 amide bonds. The number of rotatable bonds is 6. The van der Waals surface area contributed by atoms with Crippen molar-refractivity contribution in [2.75, 3.05) is 19.5 Å². The third kappa shape index (κ3) is 5.32. The molecule has 1 aromatic carbocycles. The maximum atomic E-state index is 12.9. The molecule has 1 saturated heterocycles. The molecule has 1 saturated carbocycles. The van der Waals surface area contributed by atoms with E-state index in [4.69, 9.17) is 9.47 Å². The van der Waals surface area contributed by atoms with Gasteiger partial charge in [-0.1, -0.05) is 19.8 Å². The van der Waals surface area contributed by atoms with E-state index >= 15 is 0 Å². The molecule has 10 nitrogen and oxygen atoms in total. The van der Waals surface area contributed by atoms with Crippen molar-refractivity contribution in [3.8, 4) is 0 Å². The van der Waals surface area contributed by atoms with Gasteiger partial charge in [-0.2, -0.15) is 0 Å². The molecule has 1 aromatic rings. The van der Waals surface area contributed by atoms with Gasteiger partial charge in [-0.15, -0.1) is 0 Å². The van der Waals surface area contributed by atoms with Crippen molar-refractivity contribution in [1.82, 2.24) is 10.2 Å². The van der Waals surface area contributed by atoms with Gasteiger partial charge in [-0.05, 0) is 31.0 Å². The predicted octanol–water partition coefficient (Wildman–Crippen LogP) is 1.64. The van der Waals surface area contributed by atoms with Crippen LogP contribution in [0.5, 0.6) is 0 Å². The summed E-state index contributed by atoms with van der Waals surface area (Å²) in [5, 5.41) is 5.60. The Hall–Kier alpha value is -3.43. The summed E-state index contributed by atoms with van der Waals surface area (Å²) in [5.41, 5.74) is 0.279. The highest BCUT2D eigenvalue weighted by Gasteiger charge is 2.45. The highest BCUT2D eigenvalue weighted by atomic mass is 16.5. The number of carbonyl (C=O) groups excluding carboxylic acids is 5. The van der Waals surface area contributed by atoms with Crippen LogP contribution in [0, 0.1) is 0 Å². The van der Waals surface area contributed by atoms with Gasteiger partial charge in [0.05, 0.1) is 37.8 Å². The topological polar surface area (TPSA) is 131 Å². The second kappa shape index (κ2) is 10.5. The molecule has 0 spiro atoms. The molecular weight excluding hydrogens is 430 g/mol. The van der Waals surface area contributed by atoms with Crippen LogP contribution in [0.3, 0.4) is 0 Å². The normalized spacial score (nSPS) is 22.0. The monoisotopic (exact) mass is 459 g/mol. The third-order valence-corrected chi connectivity index (χ3v) is 6.08. The lowest BCUT2D eigenvalue weighted by Gasteiger charge is -2.48. The predicted molar refractivity (Wildman–Crippen MR) is 117 cm³/mol. The van der Waals surface area contributed by atoms with Gasteiger partial charge in [0, 0.05) is 18.2 Å². The van der Waals surface area contributed by atoms with Gasteiger partial charge in [-0.25, -0.2) is 9.59 Å². The van der Waals surface area contributed by atoms with E-state index in [1.54, 1.807) is 11.8 Å². The van der Waals surface area contributed by atoms with Crippen molar-refractivity contribution in [3.63, 3.8) is 0 Å². The summed E-state index contributed by atoms with van der Waals surface area (Å²) in [6.45, 7) is 1.73. The van der Waals surface area contributed by atoms with Crippen LogP contribution in [0.25, 0.3) is 0 Å². The molecule has 1 heterocycles. The van der Waals surface area contributed by atoms with E-state index in [0.29, 0.717) is 0 Å². The standard InChI is InChI=1S/C23H29N3O7/c1-4-20(28)26-17-8-6-5-7-16(17)25-21(29)18(26)12-19(27)24-15-10-13(22(30)32-2)9-14(11-15)23(31)33-3/h9-11,16-18H,4-8,12H2,1-3H3,(H,24,27)(H,25,29). The van der Waals surface area contributed by atoms with Crippen molar-refractivity contribution in [2.45, 2.75) is 63.6 Å². The fraction of sp³-hybridized carbons (Fsp3) is 0.522. The maximum Gasteiger partial charge on any atom is 0.337 e. The van der Waals surface area contributed by atoms with Crippen molar-refractivity contribution in [2.24, 2.45) is 0 Å². The number of nitrogens with zero attached hydrogens (tertiary/aromatic N) is 1. The van der Waals surface area contributed by atoms with Crippen LogP contribution < -0.4 is 10.6 Å². The smallest absolute Gasteiger partial charge is 0.337 e. The average molecular weight is 459 g/mol. The van der Waals surface area contributed by atoms with Crippen LogP contribution in [0.1, 0.15) is 66.2 Å². The van der Waals surface area contributed by atoms with E-state index in [-0.39, 0.29) is 53.6 Å². The van der Waals surface area contributed by atoms with Crippen molar-refractivity contribution in [1.29, 1.82) is 0 Å². The van der Waals surface area contributed by atoms with Gasteiger partial charge in [-0.3, -0.25) is 14.4 Å². The molecule has 3 atom stereocenters. The van der Waals surface area contributed by atoms with Gasteiger partial charge in [0.15, 0.2) is 0 Å². The minimum Gasteiger partial charge on any atom is -0.465 e. The summed E-state index contributed by atoms with van der Waals surface area (Å²) in [5.74, 6) is -2.43. The van der Waals surface area contributed by atoms with E-state index < -0.39 is 23.9 Å². The second-order valence-corrected chi connectivity index (χ2v) is 8.17. The molecular formula is C23H29N3O7. The summed E-state index contributed by atoms with van der Waals surface area (Å²) in [4.78, 5) is 64.0. The van der Waals surface area contributed by atoms with Gasteiger partial charge < -0.3 is 25.0 Å². The number of hydrogen-bond acceptors (Lipinski definition) is 7. The molecule has 10 heteroatoms. The average Bonchev–Trinajstić information content (AvgIpc) is 2.82. The lowest BCUT2D eigenvalue weighted by Crippen LogP contribution is -2.67. The SMILES string of the molecule is CCC(=O)N1C(CC(=O)Nc2cc(C(=O)OC)cc(C(=O)OC)c2)C(=O)NC2CCCCC21. The highest BCUT2D eigenvalue weighted by molar-refractivity contribution is 6.01. The number of methoxy groups -OCH3 is 2. The third-order valence-electron chi connectivity index (χ3n) is 6.08. The zero-order chi connectivity index (χ0) is 24.1. The summed E-state index contributed by atoms with van der Waals surface area (Å²) in [7, 11) is 2.40. The van der Waals surface area contributed by atoms with Gasteiger partial charge in [0.25, 0.3) is 0 Å². The Morgan fingerprint density at radius 3 is 2.21 bits per heavy atom. The summed E-state index contributed by atoms with van der Waals surface area (Å²) in [6.07, 6.45) is 3.51. The summed E-state index contributed by atoms with van der Waals surface area (Å²) in [6, 6.07) is 2.87. The first-order chi connectivity index (χ1) is 15.8. The molecule has 33 heavy (non-hydrogen) atoms. The molecule has 1 aliphatic heterocycles. The molecule has 178 valence electrons. The Kier molecular flexibility index (Phi) is 7.67. The van der Waals surface area contributed by atoms with Crippen molar-refractivity contribution >= 4 is 35.3 Å². The molecule has 1 aliphatic carbocycles. The molecule has 2 aliphatic rings. The Balaban J connectivity index is 1.82. The molecule has 0 aromatic heterocycles. The number of nitrogens with one attached hydrogen (secondary N) is 2. The van der Waals surface area contributed by atoms with Crippen LogP contribution in [-0.2, 0) is 23.9 Å². The molecule has 2 N–H and O–H groups in total. The minimum atomic E-state index is -0.930. The number of amides is 3. The number of fused-ring (bicyclic) bond motifs is 1. The van der Waals surface area contributed by atoms with E-state index in [0.717, 1.165) is 25.7 Å². The molecule has 0 radical (unpaired) electrons. The van der Waals surface area contributed by atoms with E-state index in [1.165, 1.54) is 32.4 Å². The minimum absolute atomic E-state index is 0.0546. The zero-order valence-corrected chi connectivity index (χ0v) is 19.0. The molecule has 2 fully saturated rings. The first kappa shape index (κ1) is 24.2. The van der Waals surface area contributed by atoms with Gasteiger partial charge in [0.2, 0.25) is 17.7 Å². The number of ether oxygens (including phenoxy) is 2. The largest absolute Gasteiger partial charge is 0.465 e. The van der Waals surface area contributed by atoms with E-state index in [9.17, 15) is 24.0 Å².